The maximum atomic E-state index is 13.4. The van der Waals surface area contributed by atoms with Gasteiger partial charge in [0.25, 0.3) is 11.6 Å². The average molecular weight is 576 g/mol. The predicted octanol–water partition coefficient (Wildman–Crippen LogP) is 6.11. The first-order chi connectivity index (χ1) is 21.0. The number of imidazole rings is 1. The van der Waals surface area contributed by atoms with Gasteiger partial charge in [-0.05, 0) is 68.1 Å². The number of amides is 1. The Labute approximate surface area is 249 Å². The van der Waals surface area contributed by atoms with Crippen molar-refractivity contribution < 1.29 is 9.72 Å². The van der Waals surface area contributed by atoms with E-state index in [1.807, 2.05) is 42.6 Å². The lowest BCUT2D eigenvalue weighted by Crippen LogP contribution is -2.18. The molecule has 10 heteroatoms. The molecule has 3 aliphatic rings. The third kappa shape index (κ3) is 5.49. The van der Waals surface area contributed by atoms with Crippen molar-refractivity contribution in [1.82, 2.24) is 14.9 Å². The number of aromatic amines is 1. The van der Waals surface area contributed by atoms with E-state index in [1.54, 1.807) is 6.07 Å². The number of H-pyrrole nitrogens is 1. The van der Waals surface area contributed by atoms with Gasteiger partial charge in [0.05, 0.1) is 21.9 Å². The van der Waals surface area contributed by atoms with E-state index in [2.05, 4.69) is 37.6 Å². The fourth-order valence-corrected chi connectivity index (χ4v) is 6.19. The van der Waals surface area contributed by atoms with Crippen LogP contribution in [-0.2, 0) is 11.3 Å². The van der Waals surface area contributed by atoms with Gasteiger partial charge in [-0.25, -0.2) is 4.98 Å². The molecule has 0 atom stereocenters. The van der Waals surface area contributed by atoms with Crippen LogP contribution in [0.25, 0.3) is 22.5 Å². The molecule has 4 aromatic rings. The van der Waals surface area contributed by atoms with Crippen molar-refractivity contribution in [3.8, 4) is 11.3 Å². The minimum Gasteiger partial charge on any atom is -0.354 e. The highest BCUT2D eigenvalue weighted by molar-refractivity contribution is 6.37. The van der Waals surface area contributed by atoms with Crippen LogP contribution in [0, 0.1) is 10.1 Å². The van der Waals surface area contributed by atoms with Crippen molar-refractivity contribution >= 4 is 40.2 Å². The summed E-state index contributed by atoms with van der Waals surface area (Å²) in [6.07, 6.45) is 6.77. The van der Waals surface area contributed by atoms with E-state index in [0.717, 1.165) is 61.2 Å². The number of nitro benzene ring substituents is 1. The fraction of sp³-hybridized carbons (Fsp3) is 0.273. The number of benzene rings is 3. The molecule has 0 saturated carbocycles. The number of aromatic nitrogens is 2. The zero-order valence-electron chi connectivity index (χ0n) is 23.8. The summed E-state index contributed by atoms with van der Waals surface area (Å²) in [5, 5.41) is 17.9. The zero-order chi connectivity index (χ0) is 29.3. The van der Waals surface area contributed by atoms with Gasteiger partial charge >= 0.3 is 0 Å². The number of non-ortho nitro benzene ring substituents is 1. The molecule has 1 amide bonds. The van der Waals surface area contributed by atoms with Crippen molar-refractivity contribution in [1.29, 1.82) is 0 Å². The molecule has 3 aromatic carbocycles. The molecule has 218 valence electrons. The van der Waals surface area contributed by atoms with Crippen molar-refractivity contribution in [3.05, 3.63) is 99.7 Å². The number of carbonyl (C=O) groups is 1. The molecule has 7 rings (SSSR count). The maximum Gasteiger partial charge on any atom is 0.270 e. The summed E-state index contributed by atoms with van der Waals surface area (Å²) in [7, 11) is 0. The van der Waals surface area contributed by atoms with Crippen LogP contribution >= 0.6 is 0 Å². The summed E-state index contributed by atoms with van der Waals surface area (Å²) >= 11 is 0. The van der Waals surface area contributed by atoms with E-state index in [0.29, 0.717) is 22.5 Å². The molecule has 0 bridgehead atoms. The number of carbonyl (C=O) groups excluding carboxylic acids is 1. The van der Waals surface area contributed by atoms with Crippen LogP contribution in [0.4, 0.5) is 23.0 Å². The van der Waals surface area contributed by atoms with Crippen molar-refractivity contribution in [2.75, 3.05) is 41.7 Å². The van der Waals surface area contributed by atoms with Gasteiger partial charge in [0, 0.05) is 60.5 Å². The zero-order valence-corrected chi connectivity index (χ0v) is 23.8. The van der Waals surface area contributed by atoms with Crippen LogP contribution in [-0.4, -0.2) is 51.9 Å². The van der Waals surface area contributed by atoms with Crippen LogP contribution in [0.3, 0.4) is 0 Å². The Balaban J connectivity index is 1.22. The molecular weight excluding hydrogens is 542 g/mol. The van der Waals surface area contributed by atoms with E-state index >= 15 is 0 Å². The Morgan fingerprint density at radius 3 is 2.37 bits per heavy atom. The quantitative estimate of drug-likeness (QED) is 0.132. The fourth-order valence-electron chi connectivity index (χ4n) is 6.19. The summed E-state index contributed by atoms with van der Waals surface area (Å²) < 4.78 is 0. The summed E-state index contributed by atoms with van der Waals surface area (Å²) in [5.74, 6) is 0.594. The number of hydrogen-bond donors (Lipinski definition) is 3. The molecule has 0 radical (unpaired) electrons. The van der Waals surface area contributed by atoms with Gasteiger partial charge < -0.3 is 20.5 Å². The largest absolute Gasteiger partial charge is 0.354 e. The first-order valence-electron chi connectivity index (χ1n) is 14.9. The van der Waals surface area contributed by atoms with E-state index in [-0.39, 0.29) is 11.6 Å². The topological polar surface area (TPSA) is 119 Å². The lowest BCUT2D eigenvalue weighted by Gasteiger charge is -2.17. The number of likely N-dealkylation sites (tertiary alicyclic amines) is 1. The number of rotatable bonds is 8. The Kier molecular flexibility index (Phi) is 7.12. The summed E-state index contributed by atoms with van der Waals surface area (Å²) in [6.45, 7) is 5.16. The number of fused-ring (bicyclic) bond motifs is 1. The van der Waals surface area contributed by atoms with Gasteiger partial charge in [-0.3, -0.25) is 19.8 Å². The SMILES string of the molecule is O=C1Nc2ccc([N+](=O)[O-])cc2/C1=C(/Nc1ccc(-c2c[nH]c(N3CCCC3)n2)cc1)c1ccc(CN2CCCC2)cc1. The highest BCUT2D eigenvalue weighted by Crippen LogP contribution is 2.39. The van der Waals surface area contributed by atoms with Gasteiger partial charge in [0.15, 0.2) is 0 Å². The monoisotopic (exact) mass is 575 g/mol. The smallest absolute Gasteiger partial charge is 0.270 e. The molecule has 3 N–H and O–H groups in total. The lowest BCUT2D eigenvalue weighted by molar-refractivity contribution is -0.384. The van der Waals surface area contributed by atoms with Crippen molar-refractivity contribution in [2.45, 2.75) is 32.2 Å². The average Bonchev–Trinajstić information content (AvgIpc) is 3.84. The molecule has 2 fully saturated rings. The van der Waals surface area contributed by atoms with E-state index in [9.17, 15) is 14.9 Å². The second-order valence-electron chi connectivity index (χ2n) is 11.4. The molecule has 3 aliphatic heterocycles. The molecule has 0 spiro atoms. The van der Waals surface area contributed by atoms with E-state index < -0.39 is 4.92 Å². The van der Waals surface area contributed by atoms with Crippen LogP contribution in [0.15, 0.2) is 72.9 Å². The van der Waals surface area contributed by atoms with Crippen LogP contribution < -0.4 is 15.5 Å². The Bertz CT molecular complexity index is 1700. The number of anilines is 3. The minimum atomic E-state index is -0.441. The molecule has 1 aromatic heterocycles. The third-order valence-electron chi connectivity index (χ3n) is 8.48. The maximum absolute atomic E-state index is 13.4. The Morgan fingerprint density at radius 2 is 1.65 bits per heavy atom. The summed E-state index contributed by atoms with van der Waals surface area (Å²) in [5.41, 5.74) is 6.62. The first-order valence-corrected chi connectivity index (χ1v) is 14.9. The normalized spacial score (nSPS) is 17.7. The number of nitrogens with one attached hydrogen (secondary N) is 3. The van der Waals surface area contributed by atoms with Gasteiger partial charge in [-0.15, -0.1) is 0 Å². The third-order valence-corrected chi connectivity index (χ3v) is 8.48. The van der Waals surface area contributed by atoms with Crippen molar-refractivity contribution in [2.24, 2.45) is 0 Å². The van der Waals surface area contributed by atoms with E-state index in [4.69, 9.17) is 4.98 Å². The number of hydrogen-bond acceptors (Lipinski definition) is 7. The Hall–Kier alpha value is -4.96. The molecule has 10 nitrogen and oxygen atoms in total. The molecule has 43 heavy (non-hydrogen) atoms. The van der Waals surface area contributed by atoms with Gasteiger partial charge in [-0.1, -0.05) is 36.4 Å². The summed E-state index contributed by atoms with van der Waals surface area (Å²) in [6, 6.07) is 20.6. The predicted molar refractivity (Wildman–Crippen MR) is 169 cm³/mol. The molecule has 0 aliphatic carbocycles. The number of nitro groups is 1. The Morgan fingerprint density at radius 1 is 0.930 bits per heavy atom. The van der Waals surface area contributed by atoms with Gasteiger partial charge in [-0.2, -0.15) is 0 Å². The molecule has 4 heterocycles. The van der Waals surface area contributed by atoms with Crippen LogP contribution in [0.5, 0.6) is 0 Å². The number of nitrogens with zero attached hydrogens (tertiary/aromatic N) is 4. The van der Waals surface area contributed by atoms with Crippen molar-refractivity contribution in [3.63, 3.8) is 0 Å². The van der Waals surface area contributed by atoms with Gasteiger partial charge in [0.2, 0.25) is 5.95 Å². The second kappa shape index (κ2) is 11.4. The molecule has 0 unspecified atom stereocenters. The van der Waals surface area contributed by atoms with Crippen LogP contribution in [0.2, 0.25) is 0 Å². The standard InChI is InChI=1S/C33H33N7O3/c41-32-30(27-19-26(40(42)43)13-14-28(27)36-32)31(24-7-5-22(6-8-24)21-38-15-1-2-16-38)35-25-11-9-23(10-12-25)29-20-34-33(37-29)39-17-3-4-18-39/h5-14,19-20,35H,1-4,15-18,21H2,(H,34,37)(H,36,41)/b31-30-. The van der Waals surface area contributed by atoms with E-state index in [1.165, 1.54) is 43.4 Å². The minimum absolute atomic E-state index is 0.0651. The lowest BCUT2D eigenvalue weighted by atomic mass is 9.98. The molecule has 2 saturated heterocycles. The summed E-state index contributed by atoms with van der Waals surface area (Å²) in [4.78, 5) is 37.3. The van der Waals surface area contributed by atoms with Crippen LogP contribution in [0.1, 0.15) is 42.4 Å². The molecular formula is C33H33N7O3. The highest BCUT2D eigenvalue weighted by atomic mass is 16.6. The highest BCUT2D eigenvalue weighted by Gasteiger charge is 2.30. The van der Waals surface area contributed by atoms with Gasteiger partial charge in [0.1, 0.15) is 0 Å². The first kappa shape index (κ1) is 26.9. The second-order valence-corrected chi connectivity index (χ2v) is 11.4.